The number of rotatable bonds is 11. The predicted molar refractivity (Wildman–Crippen MR) is 78.3 cm³/mol. The highest BCUT2D eigenvalue weighted by Gasteiger charge is 2.38. The van der Waals surface area contributed by atoms with Gasteiger partial charge in [-0.05, 0) is 6.42 Å². The SMILES string of the molecule is CCCS(=O)(=O)O[N+](C)(C)CCC[Si](OC)(OC)OC. The van der Waals surface area contributed by atoms with Crippen LogP contribution in [0.15, 0.2) is 0 Å². The van der Waals surface area contributed by atoms with Gasteiger partial charge in [0, 0.05) is 33.8 Å². The average molecular weight is 330 g/mol. The zero-order valence-electron chi connectivity index (χ0n) is 13.3. The van der Waals surface area contributed by atoms with E-state index >= 15 is 0 Å². The molecule has 0 heterocycles. The molecule has 0 bridgehead atoms. The molecule has 0 rings (SSSR count). The van der Waals surface area contributed by atoms with E-state index in [4.69, 9.17) is 17.6 Å². The van der Waals surface area contributed by atoms with E-state index in [1.54, 1.807) is 42.3 Å². The van der Waals surface area contributed by atoms with Crippen molar-refractivity contribution in [2.75, 3.05) is 47.7 Å². The van der Waals surface area contributed by atoms with Crippen molar-refractivity contribution >= 4 is 18.9 Å². The molecule has 0 aromatic carbocycles. The van der Waals surface area contributed by atoms with E-state index in [1.807, 2.05) is 0 Å². The van der Waals surface area contributed by atoms with E-state index in [0.717, 1.165) is 0 Å². The monoisotopic (exact) mass is 330 g/mol. The molecule has 122 valence electrons. The number of quaternary nitrogens is 1. The number of nitrogens with zero attached hydrogens (tertiary/aromatic N) is 1. The second kappa shape index (κ2) is 8.42. The largest absolute Gasteiger partial charge is 0.500 e. The fourth-order valence-electron chi connectivity index (χ4n) is 1.86. The molecule has 0 aliphatic carbocycles. The van der Waals surface area contributed by atoms with Crippen molar-refractivity contribution in [1.29, 1.82) is 0 Å². The van der Waals surface area contributed by atoms with Gasteiger partial charge in [0.25, 0.3) is 0 Å². The van der Waals surface area contributed by atoms with Gasteiger partial charge in [-0.1, -0.05) is 11.2 Å². The first-order chi connectivity index (χ1) is 9.16. The van der Waals surface area contributed by atoms with E-state index in [1.165, 1.54) is 0 Å². The van der Waals surface area contributed by atoms with Crippen LogP contribution >= 0.6 is 0 Å². The molecule has 0 saturated heterocycles. The Labute approximate surface area is 123 Å². The van der Waals surface area contributed by atoms with E-state index < -0.39 is 18.9 Å². The Kier molecular flexibility index (Phi) is 8.41. The molecule has 0 spiro atoms. The Hall–Kier alpha value is -0.0331. The zero-order valence-corrected chi connectivity index (χ0v) is 15.2. The molecule has 0 radical (unpaired) electrons. The van der Waals surface area contributed by atoms with E-state index in [9.17, 15) is 8.42 Å². The Morgan fingerprint density at radius 2 is 1.55 bits per heavy atom. The lowest BCUT2D eigenvalue weighted by Gasteiger charge is -2.28. The van der Waals surface area contributed by atoms with E-state index in [2.05, 4.69) is 0 Å². The molecular formula is C11H28NO6SSi+. The first kappa shape index (κ1) is 20.0. The summed E-state index contributed by atoms with van der Waals surface area (Å²) in [5.41, 5.74) is 0. The Morgan fingerprint density at radius 1 is 1.05 bits per heavy atom. The lowest BCUT2D eigenvalue weighted by molar-refractivity contribution is -1.05. The highest BCUT2D eigenvalue weighted by molar-refractivity contribution is 7.86. The van der Waals surface area contributed by atoms with Crippen molar-refractivity contribution < 1.29 is 30.6 Å². The molecule has 7 nitrogen and oxygen atoms in total. The van der Waals surface area contributed by atoms with Crippen LogP contribution in [0.5, 0.6) is 0 Å². The topological polar surface area (TPSA) is 71.1 Å². The van der Waals surface area contributed by atoms with Crippen LogP contribution in [0.1, 0.15) is 19.8 Å². The number of hydrogen-bond donors (Lipinski definition) is 0. The van der Waals surface area contributed by atoms with Crippen molar-refractivity contribution in [1.82, 2.24) is 0 Å². The summed E-state index contributed by atoms with van der Waals surface area (Å²) >= 11 is 0. The standard InChI is InChI=1S/C11H28NO6SSi/c1-7-10-19(13,14)18-12(2,3)9-8-11-20(15-4,16-5)17-6/h7-11H2,1-6H3/q+1. The van der Waals surface area contributed by atoms with E-state index in [-0.39, 0.29) is 10.4 Å². The van der Waals surface area contributed by atoms with E-state index in [0.29, 0.717) is 25.4 Å². The predicted octanol–water partition coefficient (Wildman–Crippen LogP) is 1.00. The second-order valence-electron chi connectivity index (χ2n) is 5.03. The molecule has 0 amide bonds. The van der Waals surface area contributed by atoms with Crippen LogP contribution in [0.2, 0.25) is 6.04 Å². The van der Waals surface area contributed by atoms with Crippen molar-refractivity contribution in [3.8, 4) is 0 Å². The lowest BCUT2D eigenvalue weighted by atomic mass is 10.4. The first-order valence-electron chi connectivity index (χ1n) is 6.58. The summed E-state index contributed by atoms with van der Waals surface area (Å²) < 4.78 is 44.4. The maximum Gasteiger partial charge on any atom is 0.500 e. The average Bonchev–Trinajstić information content (AvgIpc) is 2.33. The van der Waals surface area contributed by atoms with Gasteiger partial charge in [-0.3, -0.25) is 0 Å². The summed E-state index contributed by atoms with van der Waals surface area (Å²) in [5, 5.41) is 0. The molecule has 9 heteroatoms. The van der Waals surface area contributed by atoms with Crippen LogP contribution in [0.3, 0.4) is 0 Å². The highest BCUT2D eigenvalue weighted by atomic mass is 32.2. The third-order valence-electron chi connectivity index (χ3n) is 2.88. The molecular weight excluding hydrogens is 302 g/mol. The third-order valence-corrected chi connectivity index (χ3v) is 7.25. The molecule has 20 heavy (non-hydrogen) atoms. The van der Waals surface area contributed by atoms with Gasteiger partial charge in [-0.15, -0.1) is 0 Å². The molecule has 0 atom stereocenters. The van der Waals surface area contributed by atoms with Gasteiger partial charge < -0.3 is 13.3 Å². The summed E-state index contributed by atoms with van der Waals surface area (Å²) in [7, 11) is 2.01. The van der Waals surface area contributed by atoms with Gasteiger partial charge in [-0.2, -0.15) is 13.1 Å². The Bertz CT molecular complexity index is 361. The quantitative estimate of drug-likeness (QED) is 0.320. The summed E-state index contributed by atoms with van der Waals surface area (Å²) in [5.74, 6) is 0.0293. The van der Waals surface area contributed by atoms with Gasteiger partial charge >= 0.3 is 18.9 Å². The van der Waals surface area contributed by atoms with Gasteiger partial charge in [0.05, 0.1) is 19.8 Å². The minimum atomic E-state index is -3.48. The van der Waals surface area contributed by atoms with Crippen LogP contribution in [0.4, 0.5) is 0 Å². The van der Waals surface area contributed by atoms with Crippen LogP contribution in [-0.2, 0) is 27.7 Å². The Morgan fingerprint density at radius 3 is 1.95 bits per heavy atom. The molecule has 0 aromatic heterocycles. The van der Waals surface area contributed by atoms with Crippen molar-refractivity contribution in [3.63, 3.8) is 0 Å². The fraction of sp³-hybridized carbons (Fsp3) is 1.00. The third kappa shape index (κ3) is 7.11. The molecule has 0 aromatic rings. The summed E-state index contributed by atoms with van der Waals surface area (Å²) in [6.45, 7) is 2.32. The zero-order chi connectivity index (χ0) is 15.9. The maximum absolute atomic E-state index is 11.7. The minimum Gasteiger partial charge on any atom is -0.377 e. The molecule has 0 unspecified atom stereocenters. The van der Waals surface area contributed by atoms with Gasteiger partial charge in [-0.25, -0.2) is 0 Å². The van der Waals surface area contributed by atoms with Crippen molar-refractivity contribution in [2.24, 2.45) is 0 Å². The smallest absolute Gasteiger partial charge is 0.377 e. The summed E-state index contributed by atoms with van der Waals surface area (Å²) in [4.78, 5) is 0. The van der Waals surface area contributed by atoms with Crippen LogP contribution < -0.4 is 0 Å². The second-order valence-corrected chi connectivity index (χ2v) is 9.80. The molecule has 0 aliphatic heterocycles. The lowest BCUT2D eigenvalue weighted by Crippen LogP contribution is -2.46. The van der Waals surface area contributed by atoms with Crippen LogP contribution in [0, 0.1) is 0 Å². The molecule has 0 fully saturated rings. The number of hydroxylamine groups is 3. The van der Waals surface area contributed by atoms with Gasteiger partial charge in [0.2, 0.25) is 0 Å². The molecule has 0 N–H and O–H groups in total. The normalized spacial score (nSPS) is 13.7. The first-order valence-corrected chi connectivity index (χ1v) is 10.1. The van der Waals surface area contributed by atoms with Crippen molar-refractivity contribution in [2.45, 2.75) is 25.8 Å². The maximum atomic E-state index is 11.7. The van der Waals surface area contributed by atoms with Crippen molar-refractivity contribution in [3.05, 3.63) is 0 Å². The molecule has 0 aliphatic rings. The van der Waals surface area contributed by atoms with Crippen LogP contribution in [0.25, 0.3) is 0 Å². The fourth-order valence-corrected chi connectivity index (χ4v) is 4.83. The molecule has 0 saturated carbocycles. The highest BCUT2D eigenvalue weighted by Crippen LogP contribution is 2.17. The summed E-state index contributed by atoms with van der Waals surface area (Å²) in [6, 6.07) is 0.607. The number of hydrogen-bond acceptors (Lipinski definition) is 6. The van der Waals surface area contributed by atoms with Gasteiger partial charge in [0.15, 0.2) is 0 Å². The van der Waals surface area contributed by atoms with Crippen LogP contribution in [-0.4, -0.2) is 69.6 Å². The van der Waals surface area contributed by atoms with Gasteiger partial charge in [0.1, 0.15) is 6.54 Å². The summed E-state index contributed by atoms with van der Waals surface area (Å²) in [6.07, 6.45) is 1.21. The Balaban J connectivity index is 4.43. The minimum absolute atomic E-state index is 0.0293.